The van der Waals surface area contributed by atoms with Crippen LogP contribution in [0.15, 0.2) is 53.1 Å². The lowest BCUT2D eigenvalue weighted by Crippen LogP contribution is -2.15. The second-order valence-electron chi connectivity index (χ2n) is 5.52. The highest BCUT2D eigenvalue weighted by atomic mass is 32.2. The van der Waals surface area contributed by atoms with Gasteiger partial charge in [0, 0.05) is 11.3 Å². The molecule has 0 spiro atoms. The SMILES string of the molecule is Cc1noc(-c2cccc(NS(=O)(=O)Cc3ccccc3C)c2)n1. The molecule has 0 saturated carbocycles. The summed E-state index contributed by atoms with van der Waals surface area (Å²) in [6.07, 6.45) is 0. The molecule has 3 aromatic rings. The molecule has 0 bridgehead atoms. The van der Waals surface area contributed by atoms with Gasteiger partial charge < -0.3 is 4.52 Å². The van der Waals surface area contributed by atoms with E-state index < -0.39 is 10.0 Å². The summed E-state index contributed by atoms with van der Waals surface area (Å²) in [7, 11) is -3.52. The van der Waals surface area contributed by atoms with Gasteiger partial charge in [-0.15, -0.1) is 0 Å². The van der Waals surface area contributed by atoms with Crippen LogP contribution in [-0.4, -0.2) is 18.6 Å². The van der Waals surface area contributed by atoms with Gasteiger partial charge in [0.25, 0.3) is 5.89 Å². The molecule has 0 unspecified atom stereocenters. The molecule has 6 nitrogen and oxygen atoms in total. The highest BCUT2D eigenvalue weighted by Gasteiger charge is 2.14. The van der Waals surface area contributed by atoms with E-state index in [9.17, 15) is 8.42 Å². The maximum atomic E-state index is 12.4. The van der Waals surface area contributed by atoms with Crippen molar-refractivity contribution in [3.05, 3.63) is 65.5 Å². The Kier molecular flexibility index (Phi) is 4.35. The van der Waals surface area contributed by atoms with Crippen molar-refractivity contribution >= 4 is 15.7 Å². The first-order valence-corrected chi connectivity index (χ1v) is 9.04. The molecule has 2 aromatic carbocycles. The van der Waals surface area contributed by atoms with Crippen LogP contribution in [0.5, 0.6) is 0 Å². The van der Waals surface area contributed by atoms with Crippen molar-refractivity contribution in [1.29, 1.82) is 0 Å². The summed E-state index contributed by atoms with van der Waals surface area (Å²) in [4.78, 5) is 4.14. The Bertz CT molecular complexity index is 964. The highest BCUT2D eigenvalue weighted by Crippen LogP contribution is 2.22. The van der Waals surface area contributed by atoms with Crippen molar-refractivity contribution in [2.24, 2.45) is 0 Å². The molecule has 1 aromatic heterocycles. The Morgan fingerprint density at radius 2 is 1.88 bits per heavy atom. The third-order valence-corrected chi connectivity index (χ3v) is 4.75. The molecule has 0 aliphatic rings. The fourth-order valence-corrected chi connectivity index (χ4v) is 3.61. The summed E-state index contributed by atoms with van der Waals surface area (Å²) in [5, 5.41) is 3.74. The van der Waals surface area contributed by atoms with Crippen molar-refractivity contribution in [1.82, 2.24) is 10.1 Å². The second-order valence-corrected chi connectivity index (χ2v) is 7.24. The van der Waals surface area contributed by atoms with Gasteiger partial charge in [-0.3, -0.25) is 4.72 Å². The van der Waals surface area contributed by atoms with E-state index in [-0.39, 0.29) is 5.75 Å². The molecule has 0 aliphatic carbocycles. The summed E-state index contributed by atoms with van der Waals surface area (Å²) >= 11 is 0. The molecule has 0 aliphatic heterocycles. The Morgan fingerprint density at radius 3 is 2.58 bits per heavy atom. The normalized spacial score (nSPS) is 11.4. The van der Waals surface area contributed by atoms with E-state index in [2.05, 4.69) is 14.9 Å². The van der Waals surface area contributed by atoms with E-state index in [1.54, 1.807) is 31.2 Å². The van der Waals surface area contributed by atoms with Crippen LogP contribution in [0.2, 0.25) is 0 Å². The Balaban J connectivity index is 1.81. The number of hydrogen-bond acceptors (Lipinski definition) is 5. The summed E-state index contributed by atoms with van der Waals surface area (Å²) < 4.78 is 32.5. The summed E-state index contributed by atoms with van der Waals surface area (Å²) in [6.45, 7) is 3.62. The molecule has 124 valence electrons. The molecule has 0 amide bonds. The van der Waals surface area contributed by atoms with Gasteiger partial charge in [0.2, 0.25) is 10.0 Å². The van der Waals surface area contributed by atoms with Crippen LogP contribution < -0.4 is 4.72 Å². The van der Waals surface area contributed by atoms with Gasteiger partial charge in [-0.05, 0) is 43.2 Å². The van der Waals surface area contributed by atoms with Crippen LogP contribution in [0, 0.1) is 13.8 Å². The van der Waals surface area contributed by atoms with E-state index in [4.69, 9.17) is 4.52 Å². The fraction of sp³-hybridized carbons (Fsp3) is 0.176. The van der Waals surface area contributed by atoms with Gasteiger partial charge in [-0.2, -0.15) is 4.98 Å². The molecule has 0 atom stereocenters. The second kappa shape index (κ2) is 6.45. The molecule has 0 fully saturated rings. The van der Waals surface area contributed by atoms with Crippen molar-refractivity contribution in [3.63, 3.8) is 0 Å². The topological polar surface area (TPSA) is 85.1 Å². The van der Waals surface area contributed by atoms with Gasteiger partial charge in [-0.25, -0.2) is 8.42 Å². The molecular formula is C17H17N3O3S. The monoisotopic (exact) mass is 343 g/mol. The predicted molar refractivity (Wildman–Crippen MR) is 91.9 cm³/mol. The number of nitrogens with one attached hydrogen (secondary N) is 1. The van der Waals surface area contributed by atoms with Crippen molar-refractivity contribution in [3.8, 4) is 11.5 Å². The van der Waals surface area contributed by atoms with Gasteiger partial charge in [0.05, 0.1) is 5.75 Å². The van der Waals surface area contributed by atoms with E-state index in [1.807, 2.05) is 31.2 Å². The lowest BCUT2D eigenvalue weighted by Gasteiger charge is -2.10. The third kappa shape index (κ3) is 3.80. The summed E-state index contributed by atoms with van der Waals surface area (Å²) in [6, 6.07) is 14.3. The van der Waals surface area contributed by atoms with Crippen LogP contribution in [-0.2, 0) is 15.8 Å². The number of rotatable bonds is 5. The quantitative estimate of drug-likeness (QED) is 0.768. The van der Waals surface area contributed by atoms with Gasteiger partial charge in [0.1, 0.15) is 0 Å². The lowest BCUT2D eigenvalue weighted by atomic mass is 10.1. The minimum atomic E-state index is -3.52. The van der Waals surface area contributed by atoms with Gasteiger partial charge in [0.15, 0.2) is 5.82 Å². The van der Waals surface area contributed by atoms with E-state index in [0.29, 0.717) is 23.0 Å². The first-order chi connectivity index (χ1) is 11.4. The molecule has 0 radical (unpaired) electrons. The molecular weight excluding hydrogens is 326 g/mol. The third-order valence-electron chi connectivity index (χ3n) is 3.52. The fourth-order valence-electron chi connectivity index (χ4n) is 2.32. The number of aryl methyl sites for hydroxylation is 2. The number of hydrogen-bond donors (Lipinski definition) is 1. The first-order valence-electron chi connectivity index (χ1n) is 7.39. The molecule has 1 N–H and O–H groups in total. The van der Waals surface area contributed by atoms with Crippen LogP contribution >= 0.6 is 0 Å². The maximum Gasteiger partial charge on any atom is 0.257 e. The van der Waals surface area contributed by atoms with Crippen LogP contribution in [0.1, 0.15) is 17.0 Å². The van der Waals surface area contributed by atoms with Gasteiger partial charge >= 0.3 is 0 Å². The smallest absolute Gasteiger partial charge is 0.257 e. The van der Waals surface area contributed by atoms with E-state index in [0.717, 1.165) is 11.1 Å². The van der Waals surface area contributed by atoms with Crippen LogP contribution in [0.3, 0.4) is 0 Å². The molecule has 7 heteroatoms. The highest BCUT2D eigenvalue weighted by molar-refractivity contribution is 7.91. The van der Waals surface area contributed by atoms with Gasteiger partial charge in [-0.1, -0.05) is 35.5 Å². The Labute approximate surface area is 140 Å². The number of anilines is 1. The van der Waals surface area contributed by atoms with Crippen molar-refractivity contribution in [2.75, 3.05) is 4.72 Å². The number of sulfonamides is 1. The Morgan fingerprint density at radius 1 is 1.08 bits per heavy atom. The maximum absolute atomic E-state index is 12.4. The zero-order valence-corrected chi connectivity index (χ0v) is 14.2. The largest absolute Gasteiger partial charge is 0.334 e. The van der Waals surface area contributed by atoms with Crippen LogP contribution in [0.4, 0.5) is 5.69 Å². The van der Waals surface area contributed by atoms with E-state index >= 15 is 0 Å². The zero-order chi connectivity index (χ0) is 17.2. The number of nitrogens with zero attached hydrogens (tertiary/aromatic N) is 2. The number of benzene rings is 2. The molecule has 1 heterocycles. The van der Waals surface area contributed by atoms with Crippen molar-refractivity contribution in [2.45, 2.75) is 19.6 Å². The average Bonchev–Trinajstić information content (AvgIpc) is 2.96. The lowest BCUT2D eigenvalue weighted by molar-refractivity contribution is 0.425. The molecule has 24 heavy (non-hydrogen) atoms. The minimum Gasteiger partial charge on any atom is -0.334 e. The summed E-state index contributed by atoms with van der Waals surface area (Å²) in [5.74, 6) is 0.798. The first kappa shape index (κ1) is 16.2. The predicted octanol–water partition coefficient (Wildman–Crippen LogP) is 3.30. The van der Waals surface area contributed by atoms with Crippen LogP contribution in [0.25, 0.3) is 11.5 Å². The average molecular weight is 343 g/mol. The standard InChI is InChI=1S/C17H17N3O3S/c1-12-6-3-4-7-15(12)11-24(21,22)20-16-9-5-8-14(10-16)17-18-13(2)19-23-17/h3-10,20H,11H2,1-2H3. The summed E-state index contributed by atoms with van der Waals surface area (Å²) in [5.41, 5.74) is 2.83. The molecule has 0 saturated heterocycles. The zero-order valence-electron chi connectivity index (χ0n) is 13.4. The minimum absolute atomic E-state index is 0.0798. The molecule has 3 rings (SSSR count). The number of aromatic nitrogens is 2. The van der Waals surface area contributed by atoms with Crippen molar-refractivity contribution < 1.29 is 12.9 Å². The Hall–Kier alpha value is -2.67. The van der Waals surface area contributed by atoms with E-state index in [1.165, 1.54) is 0 Å².